The van der Waals surface area contributed by atoms with Gasteiger partial charge in [0.05, 0.1) is 0 Å². The third-order valence-electron chi connectivity index (χ3n) is 7.49. The highest BCUT2D eigenvalue weighted by atomic mass is 19.3. The van der Waals surface area contributed by atoms with Crippen molar-refractivity contribution in [2.45, 2.75) is 72.0 Å². The van der Waals surface area contributed by atoms with Crippen LogP contribution in [0.25, 0.3) is 0 Å². The Morgan fingerprint density at radius 2 is 1.73 bits per heavy atom. The summed E-state index contributed by atoms with van der Waals surface area (Å²) in [5.74, 6) is 3.70. The predicted octanol–water partition coefficient (Wildman–Crippen LogP) is 6.66. The monoisotopic (exact) mass is 623 g/mol. The lowest BCUT2D eigenvalue weighted by atomic mass is 9.71. The number of rotatable bonds is 10. The first kappa shape index (κ1) is 34.2. The molecule has 15 heteroatoms. The zero-order valence-electron chi connectivity index (χ0n) is 24.7. The van der Waals surface area contributed by atoms with Crippen molar-refractivity contribution in [3.05, 3.63) is 59.2 Å². The second kappa shape index (κ2) is 14.9. The average Bonchev–Trinajstić information content (AvgIpc) is 2.96. The van der Waals surface area contributed by atoms with Crippen LogP contribution in [-0.2, 0) is 18.0 Å². The number of benzene rings is 2. The molecule has 0 heterocycles. The normalized spacial score (nSPS) is 17.2. The Hall–Kier alpha value is -4.27. The number of ether oxygens (including phenoxy) is 2. The molecular formula is C29H37F4N7O4. The second-order valence-electron chi connectivity index (χ2n) is 11.4. The molecule has 44 heavy (non-hydrogen) atoms. The summed E-state index contributed by atoms with van der Waals surface area (Å²) in [5.41, 5.74) is 0.930. The highest BCUT2D eigenvalue weighted by Crippen LogP contribution is 2.39. The number of hydrogen-bond donors (Lipinski definition) is 4. The largest absolute Gasteiger partial charge is 0.537 e. The number of amides is 3. The fourth-order valence-corrected chi connectivity index (χ4v) is 5.12. The van der Waals surface area contributed by atoms with Gasteiger partial charge >= 0.3 is 12.3 Å². The lowest BCUT2D eigenvalue weighted by Gasteiger charge is -2.41. The number of carbonyl (C=O) groups is 2. The van der Waals surface area contributed by atoms with Crippen molar-refractivity contribution >= 4 is 23.6 Å². The molecule has 2 aromatic rings. The number of guanidine groups is 1. The quantitative estimate of drug-likeness (QED) is 0.0443. The van der Waals surface area contributed by atoms with Gasteiger partial charge in [-0.15, -0.1) is 8.78 Å². The highest BCUT2D eigenvalue weighted by molar-refractivity contribution is 6.04. The number of nitrogens with two attached hydrogens (primary N) is 1. The van der Waals surface area contributed by atoms with Gasteiger partial charge in [-0.05, 0) is 72.9 Å². The van der Waals surface area contributed by atoms with E-state index in [0.717, 1.165) is 43.4 Å². The first-order chi connectivity index (χ1) is 20.8. The third-order valence-corrected chi connectivity index (χ3v) is 7.49. The van der Waals surface area contributed by atoms with E-state index in [1.54, 1.807) is 29.2 Å². The van der Waals surface area contributed by atoms with Crippen LogP contribution in [0.3, 0.4) is 0 Å². The van der Waals surface area contributed by atoms with E-state index in [1.807, 2.05) is 0 Å². The molecule has 3 rings (SSSR count). The van der Waals surface area contributed by atoms with Crippen molar-refractivity contribution in [1.82, 2.24) is 10.2 Å². The summed E-state index contributed by atoms with van der Waals surface area (Å²) in [7, 11) is 0. The SMILES string of the molecule is CC(C)(C)C1CCC(N(Cc2ccc(C(=O)NC(=N)N=NN)cc2)C(=O)Nc2ccc(OC(F)(F)OCF)c(CF)c2)CC1. The van der Waals surface area contributed by atoms with Crippen LogP contribution in [-0.4, -0.2) is 42.0 Å². The van der Waals surface area contributed by atoms with Crippen molar-refractivity contribution in [1.29, 1.82) is 5.41 Å². The van der Waals surface area contributed by atoms with E-state index in [2.05, 4.69) is 51.2 Å². The molecule has 0 saturated heterocycles. The molecule has 0 atom stereocenters. The fourth-order valence-electron chi connectivity index (χ4n) is 5.12. The van der Waals surface area contributed by atoms with Crippen LogP contribution in [0.15, 0.2) is 52.8 Å². The Bertz CT molecular complexity index is 1330. The Balaban J connectivity index is 1.80. The van der Waals surface area contributed by atoms with Crippen molar-refractivity contribution < 1.29 is 36.6 Å². The molecule has 3 amide bonds. The lowest BCUT2D eigenvalue weighted by Crippen LogP contribution is -2.45. The van der Waals surface area contributed by atoms with E-state index >= 15 is 0 Å². The minimum Gasteiger partial charge on any atom is -0.409 e. The van der Waals surface area contributed by atoms with Crippen LogP contribution in [0.1, 0.15) is 67.9 Å². The molecule has 1 aliphatic carbocycles. The summed E-state index contributed by atoms with van der Waals surface area (Å²) >= 11 is 0. The average molecular weight is 624 g/mol. The zero-order chi connectivity index (χ0) is 32.5. The molecule has 0 aliphatic heterocycles. The molecule has 1 fully saturated rings. The van der Waals surface area contributed by atoms with Crippen molar-refractivity contribution in [3.63, 3.8) is 0 Å². The first-order valence-corrected chi connectivity index (χ1v) is 13.9. The maximum absolute atomic E-state index is 13.7. The van der Waals surface area contributed by atoms with Gasteiger partial charge in [0.1, 0.15) is 12.4 Å². The van der Waals surface area contributed by atoms with E-state index in [1.165, 1.54) is 6.07 Å². The van der Waals surface area contributed by atoms with Gasteiger partial charge in [-0.1, -0.05) is 43.2 Å². The Kier molecular flexibility index (Phi) is 11.6. The molecule has 240 valence electrons. The molecule has 0 aromatic heterocycles. The Labute approximate surface area is 252 Å². The van der Waals surface area contributed by atoms with Crippen molar-refractivity contribution in [2.24, 2.45) is 27.5 Å². The second-order valence-corrected chi connectivity index (χ2v) is 11.4. The summed E-state index contributed by atoms with van der Waals surface area (Å²) in [6, 6.07) is 9.28. The minimum atomic E-state index is -4.31. The van der Waals surface area contributed by atoms with Gasteiger partial charge in [-0.25, -0.2) is 13.6 Å². The van der Waals surface area contributed by atoms with Crippen LogP contribution >= 0.6 is 0 Å². The Morgan fingerprint density at radius 1 is 1.07 bits per heavy atom. The molecule has 11 nitrogen and oxygen atoms in total. The van der Waals surface area contributed by atoms with Gasteiger partial charge in [-0.2, -0.15) is 0 Å². The van der Waals surface area contributed by atoms with Gasteiger partial charge in [0.2, 0.25) is 5.96 Å². The number of nitrogens with zero attached hydrogens (tertiary/aromatic N) is 3. The molecule has 0 radical (unpaired) electrons. The molecule has 5 N–H and O–H groups in total. The van der Waals surface area contributed by atoms with Crippen molar-refractivity contribution in [3.8, 4) is 5.75 Å². The number of carbonyl (C=O) groups excluding carboxylic acids is 2. The van der Waals surface area contributed by atoms with Gasteiger partial charge in [0, 0.05) is 29.4 Å². The molecule has 0 unspecified atom stereocenters. The smallest absolute Gasteiger partial charge is 0.409 e. The number of hydrogen-bond acceptors (Lipinski definition) is 6. The summed E-state index contributed by atoms with van der Waals surface area (Å²) in [6.07, 6.45) is -0.980. The number of alkyl halides is 4. The summed E-state index contributed by atoms with van der Waals surface area (Å²) in [4.78, 5) is 27.7. The van der Waals surface area contributed by atoms with Crippen LogP contribution < -0.4 is 21.2 Å². The molecule has 1 saturated carbocycles. The zero-order valence-corrected chi connectivity index (χ0v) is 24.7. The van der Waals surface area contributed by atoms with Gasteiger partial charge < -0.3 is 20.8 Å². The summed E-state index contributed by atoms with van der Waals surface area (Å²) in [6.45, 7) is 3.75. The molecule has 2 aromatic carbocycles. The van der Waals surface area contributed by atoms with E-state index < -0.39 is 43.5 Å². The van der Waals surface area contributed by atoms with Crippen LogP contribution in [0.4, 0.5) is 28.0 Å². The summed E-state index contributed by atoms with van der Waals surface area (Å²) in [5, 5.41) is 18.6. The summed E-state index contributed by atoms with van der Waals surface area (Å²) < 4.78 is 61.0. The number of urea groups is 1. The number of nitrogens with one attached hydrogen (secondary N) is 3. The van der Waals surface area contributed by atoms with Crippen LogP contribution in [0.2, 0.25) is 0 Å². The number of anilines is 1. The molecule has 0 spiro atoms. The predicted molar refractivity (Wildman–Crippen MR) is 154 cm³/mol. The topological polar surface area (TPSA) is 154 Å². The number of halogens is 4. The minimum absolute atomic E-state index is 0.120. The van der Waals surface area contributed by atoms with Crippen LogP contribution in [0.5, 0.6) is 5.75 Å². The maximum atomic E-state index is 13.7. The maximum Gasteiger partial charge on any atom is 0.537 e. The van der Waals surface area contributed by atoms with Crippen LogP contribution in [0, 0.1) is 16.7 Å². The van der Waals surface area contributed by atoms with Gasteiger partial charge in [0.25, 0.3) is 5.91 Å². The van der Waals surface area contributed by atoms with E-state index in [-0.39, 0.29) is 34.8 Å². The lowest BCUT2D eigenvalue weighted by molar-refractivity contribution is -0.363. The van der Waals surface area contributed by atoms with E-state index in [0.29, 0.717) is 5.92 Å². The Morgan fingerprint density at radius 3 is 2.30 bits per heavy atom. The van der Waals surface area contributed by atoms with Crippen molar-refractivity contribution in [2.75, 3.05) is 12.2 Å². The highest BCUT2D eigenvalue weighted by Gasteiger charge is 2.36. The van der Waals surface area contributed by atoms with E-state index in [4.69, 9.17) is 11.3 Å². The molecule has 1 aliphatic rings. The molecule has 0 bridgehead atoms. The van der Waals surface area contributed by atoms with Gasteiger partial charge in [0.15, 0.2) is 6.86 Å². The van der Waals surface area contributed by atoms with Gasteiger partial charge in [-0.3, -0.25) is 20.3 Å². The third kappa shape index (κ3) is 9.62. The first-order valence-electron chi connectivity index (χ1n) is 13.9. The van der Waals surface area contributed by atoms with E-state index in [9.17, 15) is 27.2 Å². The standard InChI is InChI=1S/C29H37F4N7O4/c1-28(2,3)21-8-11-23(12-9-21)40(16-18-4-6-19(7-5-18)25(41)37-26(34)38-39-35)27(42)36-22-10-13-24(20(14-22)15-30)44-29(32,33)43-17-31/h4-7,10,13-14,21,23H,8-9,11-12,15-17H2,1-3H3,(H,36,42)(H4,34,35,37,38,41). The molecular weight excluding hydrogens is 586 g/mol. The fraction of sp³-hybridized carbons (Fsp3) is 0.483.